The van der Waals surface area contributed by atoms with Crippen LogP contribution in [0.2, 0.25) is 0 Å². The van der Waals surface area contributed by atoms with Crippen LogP contribution in [-0.4, -0.2) is 23.0 Å². The topological polar surface area (TPSA) is 81.0 Å². The lowest BCUT2D eigenvalue weighted by Gasteiger charge is -2.06. The highest BCUT2D eigenvalue weighted by Gasteiger charge is 2.20. The minimum Gasteiger partial charge on any atom is -0.367 e. The summed E-state index contributed by atoms with van der Waals surface area (Å²) in [6, 6.07) is 7.48. The third-order valence-corrected chi connectivity index (χ3v) is 2.15. The van der Waals surface area contributed by atoms with E-state index in [0.717, 1.165) is 11.0 Å². The number of methoxy groups -OCH3 is 1. The maximum atomic E-state index is 11.0. The summed E-state index contributed by atoms with van der Waals surface area (Å²) in [5, 5.41) is 0. The van der Waals surface area contributed by atoms with Crippen molar-refractivity contribution < 1.29 is 9.53 Å². The minimum atomic E-state index is -0.822. The quantitative estimate of drug-likeness (QED) is 0.775. The number of carbonyl (C=O) groups excluding carboxylic acids is 1. The van der Waals surface area contributed by atoms with Gasteiger partial charge >= 0.3 is 0 Å². The minimum absolute atomic E-state index is 0.436. The molecule has 1 aromatic carbocycles. The van der Waals surface area contributed by atoms with Gasteiger partial charge in [-0.1, -0.05) is 12.1 Å². The number of nitrogens with two attached hydrogens (primary N) is 1. The molecular weight excluding hydrogens is 194 g/mol. The predicted octanol–water partition coefficient (Wildman–Crippen LogP) is 0.736. The number of carbonyl (C=O) groups is 1. The van der Waals surface area contributed by atoms with Crippen LogP contribution in [0.5, 0.6) is 0 Å². The first-order chi connectivity index (χ1) is 7.22. The van der Waals surface area contributed by atoms with Crippen molar-refractivity contribution in [3.05, 3.63) is 30.1 Å². The molecule has 1 unspecified atom stereocenters. The molecule has 2 aromatic rings. The van der Waals surface area contributed by atoms with Gasteiger partial charge in [-0.3, -0.25) is 4.79 Å². The smallest absolute Gasteiger partial charge is 0.254 e. The van der Waals surface area contributed by atoms with E-state index in [1.807, 2.05) is 24.3 Å². The summed E-state index contributed by atoms with van der Waals surface area (Å²) >= 11 is 0. The number of ether oxygens (including phenoxy) is 1. The zero-order valence-electron chi connectivity index (χ0n) is 8.23. The highest BCUT2D eigenvalue weighted by Crippen LogP contribution is 2.17. The van der Waals surface area contributed by atoms with Crippen molar-refractivity contribution in [1.82, 2.24) is 9.97 Å². The van der Waals surface area contributed by atoms with Crippen LogP contribution in [0.1, 0.15) is 11.9 Å². The summed E-state index contributed by atoms with van der Waals surface area (Å²) in [7, 11) is 1.42. The van der Waals surface area contributed by atoms with E-state index in [1.165, 1.54) is 7.11 Å². The van der Waals surface area contributed by atoms with Gasteiger partial charge in [-0.2, -0.15) is 0 Å². The van der Waals surface area contributed by atoms with Gasteiger partial charge in [0.2, 0.25) is 0 Å². The molecule has 1 amide bonds. The van der Waals surface area contributed by atoms with Crippen LogP contribution in [0.3, 0.4) is 0 Å². The molecule has 3 N–H and O–H groups in total. The van der Waals surface area contributed by atoms with Crippen LogP contribution < -0.4 is 5.73 Å². The fraction of sp³-hybridized carbons (Fsp3) is 0.200. The molecule has 0 aliphatic carbocycles. The van der Waals surface area contributed by atoms with E-state index in [1.54, 1.807) is 0 Å². The van der Waals surface area contributed by atoms with E-state index in [4.69, 9.17) is 10.5 Å². The van der Waals surface area contributed by atoms with Gasteiger partial charge < -0.3 is 15.5 Å². The summed E-state index contributed by atoms with van der Waals surface area (Å²) in [6.45, 7) is 0. The fourth-order valence-electron chi connectivity index (χ4n) is 1.46. The molecule has 0 saturated heterocycles. The van der Waals surface area contributed by atoms with Crippen LogP contribution in [-0.2, 0) is 9.53 Å². The second-order valence-electron chi connectivity index (χ2n) is 3.16. The van der Waals surface area contributed by atoms with Gasteiger partial charge in [0.05, 0.1) is 11.0 Å². The molecule has 2 rings (SSSR count). The lowest BCUT2D eigenvalue weighted by Crippen LogP contribution is -2.23. The Morgan fingerprint density at radius 3 is 2.87 bits per heavy atom. The Kier molecular flexibility index (Phi) is 2.39. The third kappa shape index (κ3) is 1.69. The van der Waals surface area contributed by atoms with Crippen LogP contribution in [0.15, 0.2) is 24.3 Å². The number of imidazole rings is 1. The first kappa shape index (κ1) is 9.67. The number of hydrogen-bond acceptors (Lipinski definition) is 3. The zero-order valence-corrected chi connectivity index (χ0v) is 8.23. The summed E-state index contributed by atoms with van der Waals surface area (Å²) in [5.74, 6) is -0.122. The summed E-state index contributed by atoms with van der Waals surface area (Å²) < 4.78 is 4.96. The standard InChI is InChI=1S/C10H11N3O2/c1-15-8(9(11)14)10-12-6-4-2-3-5-7(6)13-10/h2-5,8H,1H3,(H2,11,14)(H,12,13). The lowest BCUT2D eigenvalue weighted by atomic mass is 10.3. The van der Waals surface area contributed by atoms with Gasteiger partial charge in [0.1, 0.15) is 5.82 Å². The molecule has 0 aliphatic rings. The largest absolute Gasteiger partial charge is 0.367 e. The number of aromatic nitrogens is 2. The third-order valence-electron chi connectivity index (χ3n) is 2.15. The fourth-order valence-corrected chi connectivity index (χ4v) is 1.46. The van der Waals surface area contributed by atoms with Crippen molar-refractivity contribution in [3.63, 3.8) is 0 Å². The second kappa shape index (κ2) is 3.70. The van der Waals surface area contributed by atoms with Gasteiger partial charge in [-0.15, -0.1) is 0 Å². The van der Waals surface area contributed by atoms with E-state index >= 15 is 0 Å². The Labute approximate surface area is 86.3 Å². The first-order valence-corrected chi connectivity index (χ1v) is 4.49. The number of para-hydroxylation sites is 2. The molecule has 0 bridgehead atoms. The molecule has 0 saturated carbocycles. The van der Waals surface area contributed by atoms with E-state index < -0.39 is 12.0 Å². The molecule has 1 atom stereocenters. The molecule has 5 nitrogen and oxygen atoms in total. The molecule has 0 spiro atoms. The summed E-state index contributed by atoms with van der Waals surface area (Å²) in [5.41, 5.74) is 6.82. The monoisotopic (exact) mass is 205 g/mol. The summed E-state index contributed by atoms with van der Waals surface area (Å²) in [6.07, 6.45) is -0.822. The number of nitrogens with one attached hydrogen (secondary N) is 1. The molecule has 5 heteroatoms. The average molecular weight is 205 g/mol. The number of hydrogen-bond donors (Lipinski definition) is 2. The van der Waals surface area contributed by atoms with Gasteiger partial charge in [-0.05, 0) is 12.1 Å². The van der Waals surface area contributed by atoms with E-state index in [2.05, 4.69) is 9.97 Å². The Morgan fingerprint density at radius 2 is 2.27 bits per heavy atom. The van der Waals surface area contributed by atoms with Gasteiger partial charge in [0.15, 0.2) is 6.10 Å². The number of fused-ring (bicyclic) bond motifs is 1. The Balaban J connectivity index is 2.47. The van der Waals surface area contributed by atoms with Gasteiger partial charge in [-0.25, -0.2) is 4.98 Å². The maximum absolute atomic E-state index is 11.0. The van der Waals surface area contributed by atoms with Crippen molar-refractivity contribution >= 4 is 16.9 Å². The van der Waals surface area contributed by atoms with Crippen molar-refractivity contribution in [2.75, 3.05) is 7.11 Å². The maximum Gasteiger partial charge on any atom is 0.254 e. The number of aromatic amines is 1. The number of benzene rings is 1. The number of amides is 1. The molecule has 1 aromatic heterocycles. The molecule has 78 valence electrons. The molecule has 0 aliphatic heterocycles. The number of nitrogens with zero attached hydrogens (tertiary/aromatic N) is 1. The second-order valence-corrected chi connectivity index (χ2v) is 3.16. The van der Waals surface area contributed by atoms with Gasteiger partial charge in [0.25, 0.3) is 5.91 Å². The Hall–Kier alpha value is -1.88. The van der Waals surface area contributed by atoms with Crippen molar-refractivity contribution in [1.29, 1.82) is 0 Å². The van der Waals surface area contributed by atoms with E-state index in [0.29, 0.717) is 5.82 Å². The summed E-state index contributed by atoms with van der Waals surface area (Å²) in [4.78, 5) is 18.3. The zero-order chi connectivity index (χ0) is 10.8. The van der Waals surface area contributed by atoms with Crippen molar-refractivity contribution in [2.24, 2.45) is 5.73 Å². The van der Waals surface area contributed by atoms with Crippen molar-refractivity contribution in [2.45, 2.75) is 6.10 Å². The Morgan fingerprint density at radius 1 is 1.53 bits per heavy atom. The molecule has 0 fully saturated rings. The van der Waals surface area contributed by atoms with Crippen LogP contribution in [0.4, 0.5) is 0 Å². The normalized spacial score (nSPS) is 12.9. The van der Waals surface area contributed by atoms with Crippen LogP contribution >= 0.6 is 0 Å². The lowest BCUT2D eigenvalue weighted by molar-refractivity contribution is -0.128. The van der Waals surface area contributed by atoms with Gasteiger partial charge in [0, 0.05) is 7.11 Å². The van der Waals surface area contributed by atoms with E-state index in [-0.39, 0.29) is 0 Å². The number of H-pyrrole nitrogens is 1. The highest BCUT2D eigenvalue weighted by atomic mass is 16.5. The van der Waals surface area contributed by atoms with E-state index in [9.17, 15) is 4.79 Å². The molecule has 0 radical (unpaired) electrons. The molecular formula is C10H11N3O2. The van der Waals surface area contributed by atoms with Crippen molar-refractivity contribution in [3.8, 4) is 0 Å². The Bertz CT molecular complexity index is 459. The predicted molar refractivity (Wildman–Crippen MR) is 55.0 cm³/mol. The van der Waals surface area contributed by atoms with Crippen LogP contribution in [0.25, 0.3) is 11.0 Å². The highest BCUT2D eigenvalue weighted by molar-refractivity contribution is 5.81. The average Bonchev–Trinajstić information content (AvgIpc) is 2.61. The van der Waals surface area contributed by atoms with Crippen LogP contribution in [0, 0.1) is 0 Å². The number of primary amides is 1. The molecule has 1 heterocycles. The first-order valence-electron chi connectivity index (χ1n) is 4.49. The number of rotatable bonds is 3. The SMILES string of the molecule is COC(C(N)=O)c1nc2ccccc2[nH]1. The molecule has 15 heavy (non-hydrogen) atoms.